The summed E-state index contributed by atoms with van der Waals surface area (Å²) >= 11 is 0. The van der Waals surface area contributed by atoms with Gasteiger partial charge in [-0.1, -0.05) is 26.0 Å². The Morgan fingerprint density at radius 3 is 2.63 bits per heavy atom. The summed E-state index contributed by atoms with van der Waals surface area (Å²) in [5.74, 6) is 1.23. The monoisotopic (exact) mass is 373 g/mol. The molecule has 6 heteroatoms. The van der Waals surface area contributed by atoms with Gasteiger partial charge in [-0.2, -0.15) is 0 Å². The average molecular weight is 373 g/mol. The zero-order chi connectivity index (χ0) is 19.9. The Hall–Kier alpha value is -2.76. The quantitative estimate of drug-likeness (QED) is 0.513. The molecule has 0 atom stereocenters. The molecule has 27 heavy (non-hydrogen) atoms. The Labute approximate surface area is 160 Å². The topological polar surface area (TPSA) is 65.9 Å². The van der Waals surface area contributed by atoms with Crippen molar-refractivity contribution in [1.82, 2.24) is 10.6 Å². The molecule has 0 fully saturated rings. The molecule has 146 valence electrons. The lowest BCUT2D eigenvalue weighted by atomic mass is 9.84. The van der Waals surface area contributed by atoms with Gasteiger partial charge in [0.2, 0.25) is 0 Å². The van der Waals surface area contributed by atoms with Crippen molar-refractivity contribution in [2.45, 2.75) is 32.7 Å². The molecular formula is C21H28FN3O2. The highest BCUT2D eigenvalue weighted by Crippen LogP contribution is 2.24. The molecule has 0 bridgehead atoms. The van der Waals surface area contributed by atoms with Crippen LogP contribution in [0.3, 0.4) is 0 Å². The van der Waals surface area contributed by atoms with E-state index in [0.717, 1.165) is 5.56 Å². The predicted octanol–water partition coefficient (Wildman–Crippen LogP) is 3.57. The lowest BCUT2D eigenvalue weighted by Gasteiger charge is -2.27. The molecule has 0 heterocycles. The van der Waals surface area contributed by atoms with Gasteiger partial charge in [0, 0.05) is 24.1 Å². The molecule has 0 saturated carbocycles. The molecule has 0 aliphatic rings. The normalized spacial score (nSPS) is 12.0. The summed E-state index contributed by atoms with van der Waals surface area (Å²) in [6.45, 7) is 7.66. The van der Waals surface area contributed by atoms with Crippen LogP contribution in [0.4, 0.5) is 4.39 Å². The van der Waals surface area contributed by atoms with Gasteiger partial charge in [0.25, 0.3) is 0 Å². The highest BCUT2D eigenvalue weighted by molar-refractivity contribution is 5.79. The van der Waals surface area contributed by atoms with Crippen LogP contribution in [0.15, 0.2) is 47.5 Å². The molecule has 0 radical (unpaired) electrons. The van der Waals surface area contributed by atoms with Gasteiger partial charge in [0.1, 0.15) is 17.3 Å². The molecule has 0 saturated heterocycles. The van der Waals surface area contributed by atoms with Crippen molar-refractivity contribution in [3.05, 3.63) is 59.4 Å². The van der Waals surface area contributed by atoms with Gasteiger partial charge >= 0.3 is 0 Å². The fourth-order valence-corrected chi connectivity index (χ4v) is 2.64. The Morgan fingerprint density at radius 2 is 1.96 bits per heavy atom. The van der Waals surface area contributed by atoms with Gasteiger partial charge in [-0.15, -0.1) is 0 Å². The first-order valence-corrected chi connectivity index (χ1v) is 9.00. The van der Waals surface area contributed by atoms with Crippen molar-refractivity contribution in [1.29, 1.82) is 0 Å². The minimum Gasteiger partial charge on any atom is -0.508 e. The van der Waals surface area contributed by atoms with Crippen molar-refractivity contribution in [2.24, 2.45) is 4.99 Å². The number of nitrogens with zero attached hydrogens (tertiary/aromatic N) is 1. The van der Waals surface area contributed by atoms with Crippen LogP contribution < -0.4 is 15.4 Å². The average Bonchev–Trinajstić information content (AvgIpc) is 2.65. The maximum absolute atomic E-state index is 13.5. The molecule has 5 nitrogen and oxygen atoms in total. The summed E-state index contributed by atoms with van der Waals surface area (Å²) in [6.07, 6.45) is 0. The number of benzene rings is 2. The number of nitrogens with one attached hydrogen (secondary N) is 2. The van der Waals surface area contributed by atoms with Gasteiger partial charge in [0.05, 0.1) is 13.7 Å². The summed E-state index contributed by atoms with van der Waals surface area (Å²) < 4.78 is 18.7. The molecule has 2 aromatic carbocycles. The fraction of sp³-hybridized carbons (Fsp3) is 0.381. The lowest BCUT2D eigenvalue weighted by Crippen LogP contribution is -2.43. The van der Waals surface area contributed by atoms with Crippen LogP contribution in [-0.4, -0.2) is 31.3 Å². The van der Waals surface area contributed by atoms with Crippen LogP contribution in [0, 0.1) is 5.82 Å². The van der Waals surface area contributed by atoms with E-state index >= 15 is 0 Å². The minimum absolute atomic E-state index is 0.176. The third-order valence-electron chi connectivity index (χ3n) is 4.34. The molecule has 0 aromatic heterocycles. The van der Waals surface area contributed by atoms with E-state index in [1.54, 1.807) is 37.4 Å². The van der Waals surface area contributed by atoms with Crippen LogP contribution in [0.2, 0.25) is 0 Å². The molecule has 2 aromatic rings. The van der Waals surface area contributed by atoms with Crippen LogP contribution in [-0.2, 0) is 12.0 Å². The fourth-order valence-electron chi connectivity index (χ4n) is 2.64. The Balaban J connectivity index is 2.09. The second-order valence-corrected chi connectivity index (χ2v) is 6.94. The largest absolute Gasteiger partial charge is 0.508 e. The number of ether oxygens (including phenoxy) is 1. The number of hydrogen-bond donors (Lipinski definition) is 3. The first-order valence-electron chi connectivity index (χ1n) is 9.00. The lowest BCUT2D eigenvalue weighted by molar-refractivity contribution is 0.411. The zero-order valence-corrected chi connectivity index (χ0v) is 16.3. The molecule has 0 amide bonds. The van der Waals surface area contributed by atoms with Gasteiger partial charge in [0.15, 0.2) is 5.96 Å². The molecule has 2 rings (SSSR count). The van der Waals surface area contributed by atoms with E-state index < -0.39 is 0 Å². The SMILES string of the molecule is CCNC(=NCc1cc(OC)ccc1O)NCC(C)(C)c1cccc(F)c1. The first-order chi connectivity index (χ1) is 12.9. The van der Waals surface area contributed by atoms with Gasteiger partial charge in [-0.3, -0.25) is 0 Å². The van der Waals surface area contributed by atoms with E-state index in [9.17, 15) is 9.50 Å². The summed E-state index contributed by atoms with van der Waals surface area (Å²) in [6, 6.07) is 11.7. The Morgan fingerprint density at radius 1 is 1.19 bits per heavy atom. The molecule has 0 unspecified atom stereocenters. The van der Waals surface area contributed by atoms with Crippen molar-refractivity contribution in [2.75, 3.05) is 20.2 Å². The van der Waals surface area contributed by atoms with Crippen LogP contribution in [0.5, 0.6) is 11.5 Å². The summed E-state index contributed by atoms with van der Waals surface area (Å²) in [7, 11) is 1.58. The van der Waals surface area contributed by atoms with Crippen LogP contribution in [0.1, 0.15) is 31.9 Å². The number of hydrogen-bond acceptors (Lipinski definition) is 3. The molecular weight excluding hydrogens is 345 g/mol. The van der Waals surface area contributed by atoms with Crippen molar-refractivity contribution < 1.29 is 14.2 Å². The molecule has 0 spiro atoms. The Kier molecular flexibility index (Phi) is 7.05. The minimum atomic E-state index is -0.281. The van der Waals surface area contributed by atoms with Crippen molar-refractivity contribution >= 4 is 5.96 Å². The number of phenolic OH excluding ortho intramolecular Hbond substituents is 1. The Bertz CT molecular complexity index is 791. The number of guanidine groups is 1. The van der Waals surface area contributed by atoms with E-state index in [-0.39, 0.29) is 17.0 Å². The van der Waals surface area contributed by atoms with E-state index in [1.165, 1.54) is 6.07 Å². The first kappa shape index (κ1) is 20.6. The van der Waals surface area contributed by atoms with Crippen molar-refractivity contribution in [3.8, 4) is 11.5 Å². The maximum atomic E-state index is 13.5. The standard InChI is InChI=1S/C21H28FN3O2/c1-5-23-20(24-13-15-11-18(27-4)9-10-19(15)26)25-14-21(2,3)16-7-6-8-17(22)12-16/h6-12,26H,5,13-14H2,1-4H3,(H2,23,24,25). The second kappa shape index (κ2) is 9.26. The third-order valence-corrected chi connectivity index (χ3v) is 4.34. The van der Waals surface area contributed by atoms with E-state index in [0.29, 0.717) is 36.9 Å². The summed E-state index contributed by atoms with van der Waals surface area (Å²) in [4.78, 5) is 4.54. The number of phenols is 1. The highest BCUT2D eigenvalue weighted by atomic mass is 19.1. The maximum Gasteiger partial charge on any atom is 0.191 e. The smallest absolute Gasteiger partial charge is 0.191 e. The molecule has 3 N–H and O–H groups in total. The highest BCUT2D eigenvalue weighted by Gasteiger charge is 2.21. The number of methoxy groups -OCH3 is 1. The second-order valence-electron chi connectivity index (χ2n) is 6.94. The number of rotatable bonds is 7. The van der Waals surface area contributed by atoms with E-state index in [4.69, 9.17) is 4.74 Å². The van der Waals surface area contributed by atoms with Crippen LogP contribution >= 0.6 is 0 Å². The summed E-state index contributed by atoms with van der Waals surface area (Å²) in [5, 5.41) is 16.5. The predicted molar refractivity (Wildman–Crippen MR) is 107 cm³/mol. The third kappa shape index (κ3) is 5.88. The number of aliphatic imine (C=N–C) groups is 1. The van der Waals surface area contributed by atoms with E-state index in [2.05, 4.69) is 15.6 Å². The van der Waals surface area contributed by atoms with Crippen molar-refractivity contribution in [3.63, 3.8) is 0 Å². The zero-order valence-electron chi connectivity index (χ0n) is 16.3. The molecule has 0 aliphatic heterocycles. The van der Waals surface area contributed by atoms with Gasteiger partial charge < -0.3 is 20.5 Å². The van der Waals surface area contributed by atoms with E-state index in [1.807, 2.05) is 26.8 Å². The van der Waals surface area contributed by atoms with Crippen LogP contribution in [0.25, 0.3) is 0 Å². The molecule has 0 aliphatic carbocycles. The number of aromatic hydroxyl groups is 1. The summed E-state index contributed by atoms with van der Waals surface area (Å²) in [5.41, 5.74) is 1.31. The van der Waals surface area contributed by atoms with Gasteiger partial charge in [-0.25, -0.2) is 9.38 Å². The number of halogens is 1. The van der Waals surface area contributed by atoms with Gasteiger partial charge in [-0.05, 0) is 42.8 Å².